The first-order chi connectivity index (χ1) is 17.8. The molecule has 3 atom stereocenters. The van der Waals surface area contributed by atoms with Crippen LogP contribution in [0.4, 0.5) is 8.78 Å². The Labute approximate surface area is 211 Å². The van der Waals surface area contributed by atoms with E-state index in [0.29, 0.717) is 17.1 Å². The SMILES string of the molecule is CC(C)c1ccc(C(NC(=O)[C@@H]2C[C@@H](F)CN2C(=O)Cc2cnn[nH]2)c2ncc3ccccn23)nc1F. The number of imidazole rings is 1. The number of carbonyl (C=O) groups excluding carboxylic acids is 2. The van der Waals surface area contributed by atoms with Crippen molar-refractivity contribution in [3.8, 4) is 0 Å². The second-order valence-corrected chi connectivity index (χ2v) is 9.38. The van der Waals surface area contributed by atoms with E-state index in [4.69, 9.17) is 0 Å². The predicted molar refractivity (Wildman–Crippen MR) is 129 cm³/mol. The molecule has 2 amide bonds. The van der Waals surface area contributed by atoms with Crippen LogP contribution in [-0.2, 0) is 16.0 Å². The number of carbonyl (C=O) groups is 2. The summed E-state index contributed by atoms with van der Waals surface area (Å²) < 4.78 is 31.1. The first kappa shape index (κ1) is 24.5. The molecule has 0 aliphatic carbocycles. The van der Waals surface area contributed by atoms with E-state index >= 15 is 0 Å². The number of pyridine rings is 2. The molecule has 0 radical (unpaired) electrons. The van der Waals surface area contributed by atoms with E-state index in [2.05, 4.69) is 30.7 Å². The molecule has 0 bridgehead atoms. The van der Waals surface area contributed by atoms with Gasteiger partial charge in [-0.25, -0.2) is 14.4 Å². The topological polar surface area (TPSA) is 121 Å². The van der Waals surface area contributed by atoms with Gasteiger partial charge in [0.2, 0.25) is 17.8 Å². The summed E-state index contributed by atoms with van der Waals surface area (Å²) in [6, 6.07) is 6.80. The average Bonchev–Trinajstić information content (AvgIpc) is 3.62. The number of fused-ring (bicyclic) bond motifs is 1. The van der Waals surface area contributed by atoms with Crippen LogP contribution < -0.4 is 5.32 Å². The Morgan fingerprint density at radius 1 is 1.22 bits per heavy atom. The molecule has 0 aromatic carbocycles. The number of rotatable bonds is 7. The maximum Gasteiger partial charge on any atom is 0.243 e. The highest BCUT2D eigenvalue weighted by molar-refractivity contribution is 5.89. The quantitative estimate of drug-likeness (QED) is 0.370. The van der Waals surface area contributed by atoms with Crippen LogP contribution in [0.3, 0.4) is 0 Å². The van der Waals surface area contributed by atoms with Crippen LogP contribution in [0.5, 0.6) is 0 Å². The summed E-state index contributed by atoms with van der Waals surface area (Å²) in [6.45, 7) is 3.52. The van der Waals surface area contributed by atoms with Crippen molar-refractivity contribution in [2.45, 2.75) is 50.9 Å². The number of aromatic amines is 1. The summed E-state index contributed by atoms with van der Waals surface area (Å²) in [6.07, 6.45) is 3.21. The summed E-state index contributed by atoms with van der Waals surface area (Å²) in [5.74, 6) is -1.32. The zero-order chi connectivity index (χ0) is 26.1. The first-order valence-electron chi connectivity index (χ1n) is 12.0. The third-order valence-corrected chi connectivity index (χ3v) is 6.51. The van der Waals surface area contributed by atoms with Gasteiger partial charge in [-0.1, -0.05) is 31.2 Å². The number of hydrogen-bond acceptors (Lipinski definition) is 6. The molecular formula is C25H26F2N8O2. The lowest BCUT2D eigenvalue weighted by atomic mass is 10.0. The number of aromatic nitrogens is 6. The third-order valence-electron chi connectivity index (χ3n) is 6.51. The summed E-state index contributed by atoms with van der Waals surface area (Å²) in [5, 5.41) is 12.7. The Morgan fingerprint density at radius 2 is 2.05 bits per heavy atom. The molecule has 1 aliphatic rings. The van der Waals surface area contributed by atoms with Gasteiger partial charge in [-0.15, -0.1) is 5.10 Å². The molecule has 10 nitrogen and oxygen atoms in total. The van der Waals surface area contributed by atoms with Crippen molar-refractivity contribution in [2.24, 2.45) is 0 Å². The fraction of sp³-hybridized carbons (Fsp3) is 0.360. The fourth-order valence-electron chi connectivity index (χ4n) is 4.62. The number of nitrogens with zero attached hydrogens (tertiary/aromatic N) is 6. The number of amides is 2. The molecule has 192 valence electrons. The van der Waals surface area contributed by atoms with Gasteiger partial charge in [0.25, 0.3) is 0 Å². The van der Waals surface area contributed by atoms with Crippen LogP contribution >= 0.6 is 0 Å². The Balaban J connectivity index is 1.47. The average molecular weight is 509 g/mol. The minimum Gasteiger partial charge on any atom is -0.339 e. The zero-order valence-electron chi connectivity index (χ0n) is 20.3. The van der Waals surface area contributed by atoms with E-state index in [9.17, 15) is 18.4 Å². The molecule has 1 unspecified atom stereocenters. The summed E-state index contributed by atoms with van der Waals surface area (Å²) >= 11 is 0. The van der Waals surface area contributed by atoms with Crippen LogP contribution in [0.15, 0.2) is 48.9 Å². The van der Waals surface area contributed by atoms with Gasteiger partial charge in [-0.3, -0.25) is 14.7 Å². The Kier molecular flexibility index (Phi) is 6.64. The first-order valence-corrected chi connectivity index (χ1v) is 12.0. The number of likely N-dealkylation sites (tertiary alicyclic amines) is 1. The van der Waals surface area contributed by atoms with Crippen molar-refractivity contribution in [3.63, 3.8) is 0 Å². The number of halogens is 2. The summed E-state index contributed by atoms with van der Waals surface area (Å²) in [5.41, 5.74) is 1.91. The number of hydrogen-bond donors (Lipinski definition) is 2. The lowest BCUT2D eigenvalue weighted by Gasteiger charge is -2.26. The number of alkyl halides is 1. The molecule has 1 fully saturated rings. The number of nitrogens with one attached hydrogen (secondary N) is 2. The highest BCUT2D eigenvalue weighted by atomic mass is 19.1. The van der Waals surface area contributed by atoms with E-state index in [0.717, 1.165) is 5.52 Å². The Hall–Kier alpha value is -4.22. The molecule has 37 heavy (non-hydrogen) atoms. The second kappa shape index (κ2) is 10.0. The van der Waals surface area contributed by atoms with Crippen LogP contribution in [0.2, 0.25) is 0 Å². The Morgan fingerprint density at radius 3 is 2.78 bits per heavy atom. The zero-order valence-corrected chi connectivity index (χ0v) is 20.3. The minimum atomic E-state index is -1.36. The molecule has 5 rings (SSSR count). The van der Waals surface area contributed by atoms with Crippen LogP contribution in [-0.4, -0.2) is 65.3 Å². The van der Waals surface area contributed by atoms with E-state index in [1.165, 1.54) is 11.1 Å². The lowest BCUT2D eigenvalue weighted by Crippen LogP contribution is -2.47. The molecule has 5 heterocycles. The van der Waals surface area contributed by atoms with E-state index < -0.39 is 36.0 Å². The molecule has 4 aromatic rings. The van der Waals surface area contributed by atoms with Crippen molar-refractivity contribution >= 4 is 17.3 Å². The Bertz CT molecular complexity index is 1420. The molecule has 1 saturated heterocycles. The fourth-order valence-corrected chi connectivity index (χ4v) is 4.62. The van der Waals surface area contributed by atoms with E-state index in [-0.39, 0.29) is 31.0 Å². The molecule has 12 heteroatoms. The van der Waals surface area contributed by atoms with Gasteiger partial charge in [0.1, 0.15) is 24.1 Å². The number of H-pyrrole nitrogens is 1. The monoisotopic (exact) mass is 508 g/mol. The highest BCUT2D eigenvalue weighted by Gasteiger charge is 2.41. The third kappa shape index (κ3) is 4.91. The second-order valence-electron chi connectivity index (χ2n) is 9.38. The van der Waals surface area contributed by atoms with E-state index in [1.54, 1.807) is 28.9 Å². The summed E-state index contributed by atoms with van der Waals surface area (Å²) in [7, 11) is 0. The van der Waals surface area contributed by atoms with Gasteiger partial charge >= 0.3 is 0 Å². The van der Waals surface area contributed by atoms with Crippen LogP contribution in [0, 0.1) is 5.95 Å². The molecule has 1 aliphatic heterocycles. The molecule has 2 N–H and O–H groups in total. The standard InChI is InChI=1S/C25H26F2N8O2/c1-14(2)18-6-7-19(30-23(18)27)22(24-28-12-17-5-3-4-8-34(17)24)31-25(37)20-9-15(26)13-35(20)21(36)10-16-11-29-33-32-16/h3-8,11-12,14-15,20,22H,9-10,13H2,1-2H3,(H,31,37)(H,29,32,33)/t15-,20+,22?/m1/s1. The molecule has 0 spiro atoms. The molecular weight excluding hydrogens is 482 g/mol. The van der Waals surface area contributed by atoms with Gasteiger partial charge in [0, 0.05) is 18.2 Å². The maximum atomic E-state index is 14.9. The van der Waals surface area contributed by atoms with Crippen molar-refractivity contribution in [3.05, 3.63) is 77.6 Å². The smallest absolute Gasteiger partial charge is 0.243 e. The lowest BCUT2D eigenvalue weighted by molar-refractivity contribution is -0.138. The molecule has 0 saturated carbocycles. The van der Waals surface area contributed by atoms with Gasteiger partial charge in [-0.2, -0.15) is 4.39 Å². The highest BCUT2D eigenvalue weighted by Crippen LogP contribution is 2.27. The largest absolute Gasteiger partial charge is 0.339 e. The van der Waals surface area contributed by atoms with Crippen molar-refractivity contribution in [1.82, 2.24) is 40.0 Å². The molecule has 4 aromatic heterocycles. The minimum absolute atomic E-state index is 0.0773. The maximum absolute atomic E-state index is 14.9. The van der Waals surface area contributed by atoms with Crippen molar-refractivity contribution in [2.75, 3.05) is 6.54 Å². The van der Waals surface area contributed by atoms with Gasteiger partial charge in [-0.05, 0) is 24.1 Å². The normalized spacial score (nSPS) is 18.5. The van der Waals surface area contributed by atoms with Crippen LogP contribution in [0.25, 0.3) is 5.52 Å². The predicted octanol–water partition coefficient (Wildman–Crippen LogP) is 2.50. The summed E-state index contributed by atoms with van der Waals surface area (Å²) in [4.78, 5) is 36.3. The van der Waals surface area contributed by atoms with Gasteiger partial charge < -0.3 is 14.6 Å². The van der Waals surface area contributed by atoms with Gasteiger partial charge in [0.15, 0.2) is 0 Å². The van der Waals surface area contributed by atoms with Crippen molar-refractivity contribution in [1.29, 1.82) is 0 Å². The van der Waals surface area contributed by atoms with Crippen molar-refractivity contribution < 1.29 is 18.4 Å². The van der Waals surface area contributed by atoms with E-state index in [1.807, 2.05) is 32.0 Å². The van der Waals surface area contributed by atoms with Crippen LogP contribution in [0.1, 0.15) is 55.0 Å². The van der Waals surface area contributed by atoms with Gasteiger partial charge in [0.05, 0.1) is 42.3 Å².